The quantitative estimate of drug-likeness (QED) is 0.689. The fraction of sp³-hybridized carbons (Fsp3) is 0.318. The maximum absolute atomic E-state index is 12.2. The van der Waals surface area contributed by atoms with Gasteiger partial charge in [0.1, 0.15) is 11.4 Å². The summed E-state index contributed by atoms with van der Waals surface area (Å²) in [6, 6.07) is 11.4. The first kappa shape index (κ1) is 22.7. The summed E-state index contributed by atoms with van der Waals surface area (Å²) in [5.74, 6) is -0.644. The Balaban J connectivity index is 1.88. The molecule has 2 N–H and O–H groups in total. The fourth-order valence-electron chi connectivity index (χ4n) is 2.43. The Bertz CT molecular complexity index is 916. The van der Waals surface area contributed by atoms with Gasteiger partial charge in [-0.05, 0) is 69.7 Å². The van der Waals surface area contributed by atoms with Crippen LogP contribution in [0.1, 0.15) is 36.7 Å². The van der Waals surface area contributed by atoms with E-state index in [0.717, 1.165) is 5.56 Å². The molecular formula is C22H26N2O6. The highest BCUT2D eigenvalue weighted by Gasteiger charge is 2.17. The van der Waals surface area contributed by atoms with Crippen LogP contribution in [0.25, 0.3) is 0 Å². The standard InChI is InChI=1S/C22H26N2O6/c1-14-6-11-18(28-5)17(12-14)24-19(25)13-29-20(26)15-7-9-16(10-8-15)23-21(27)30-22(2,3)4/h6-12H,13H2,1-5H3,(H,23,27)(H,24,25). The monoisotopic (exact) mass is 414 g/mol. The Morgan fingerprint density at radius 2 is 1.63 bits per heavy atom. The topological polar surface area (TPSA) is 103 Å². The summed E-state index contributed by atoms with van der Waals surface area (Å²) in [7, 11) is 1.50. The van der Waals surface area contributed by atoms with Crippen LogP contribution in [0.5, 0.6) is 5.75 Å². The molecule has 2 aromatic rings. The number of aryl methyl sites for hydroxylation is 1. The molecule has 0 aliphatic heterocycles. The Kier molecular flexibility index (Phi) is 7.41. The molecule has 0 spiro atoms. The number of esters is 1. The molecule has 2 aromatic carbocycles. The molecule has 160 valence electrons. The van der Waals surface area contributed by atoms with Crippen molar-refractivity contribution in [1.29, 1.82) is 0 Å². The van der Waals surface area contributed by atoms with Crippen molar-refractivity contribution >= 4 is 29.3 Å². The second-order valence-corrected chi connectivity index (χ2v) is 7.53. The van der Waals surface area contributed by atoms with E-state index in [1.165, 1.54) is 31.4 Å². The molecule has 0 atom stereocenters. The number of ether oxygens (including phenoxy) is 3. The summed E-state index contributed by atoms with van der Waals surface area (Å²) < 4.78 is 15.4. The molecule has 0 aromatic heterocycles. The van der Waals surface area contributed by atoms with Crippen LogP contribution in [0.3, 0.4) is 0 Å². The van der Waals surface area contributed by atoms with Crippen LogP contribution in [0.15, 0.2) is 42.5 Å². The number of hydrogen-bond donors (Lipinski definition) is 2. The normalized spacial score (nSPS) is 10.7. The summed E-state index contributed by atoms with van der Waals surface area (Å²) >= 11 is 0. The van der Waals surface area contributed by atoms with Gasteiger partial charge >= 0.3 is 12.1 Å². The zero-order chi connectivity index (χ0) is 22.3. The highest BCUT2D eigenvalue weighted by atomic mass is 16.6. The van der Waals surface area contributed by atoms with Crippen LogP contribution in [-0.4, -0.2) is 37.3 Å². The highest BCUT2D eigenvalue weighted by Crippen LogP contribution is 2.25. The van der Waals surface area contributed by atoms with Crippen LogP contribution >= 0.6 is 0 Å². The van der Waals surface area contributed by atoms with E-state index in [2.05, 4.69) is 10.6 Å². The molecule has 0 fully saturated rings. The van der Waals surface area contributed by atoms with Gasteiger partial charge in [-0.25, -0.2) is 9.59 Å². The maximum atomic E-state index is 12.2. The lowest BCUT2D eigenvalue weighted by Gasteiger charge is -2.19. The van der Waals surface area contributed by atoms with E-state index in [9.17, 15) is 14.4 Å². The smallest absolute Gasteiger partial charge is 0.412 e. The molecule has 8 nitrogen and oxygen atoms in total. The molecule has 0 aliphatic rings. The summed E-state index contributed by atoms with van der Waals surface area (Å²) in [6.45, 7) is 6.72. The SMILES string of the molecule is COc1ccc(C)cc1NC(=O)COC(=O)c1ccc(NC(=O)OC(C)(C)C)cc1. The van der Waals surface area contributed by atoms with Gasteiger partial charge in [-0.3, -0.25) is 10.1 Å². The maximum Gasteiger partial charge on any atom is 0.412 e. The second-order valence-electron chi connectivity index (χ2n) is 7.53. The van der Waals surface area contributed by atoms with E-state index in [1.54, 1.807) is 32.9 Å². The average Bonchev–Trinajstić information content (AvgIpc) is 2.65. The lowest BCUT2D eigenvalue weighted by molar-refractivity contribution is -0.119. The predicted octanol–water partition coefficient (Wildman–Crippen LogP) is 4.15. The van der Waals surface area contributed by atoms with Crippen LogP contribution < -0.4 is 15.4 Å². The number of carbonyl (C=O) groups excluding carboxylic acids is 3. The predicted molar refractivity (Wildman–Crippen MR) is 113 cm³/mol. The third kappa shape index (κ3) is 7.12. The molecule has 0 aliphatic carbocycles. The zero-order valence-electron chi connectivity index (χ0n) is 17.7. The molecule has 0 bridgehead atoms. The molecule has 0 radical (unpaired) electrons. The van der Waals surface area contributed by atoms with Gasteiger partial charge in [-0.2, -0.15) is 0 Å². The Labute approximate surface area is 175 Å². The first-order valence-corrected chi connectivity index (χ1v) is 9.29. The average molecular weight is 414 g/mol. The van der Waals surface area contributed by atoms with Crippen LogP contribution in [0.4, 0.5) is 16.2 Å². The highest BCUT2D eigenvalue weighted by molar-refractivity contribution is 5.96. The molecule has 2 rings (SSSR count). The fourth-order valence-corrected chi connectivity index (χ4v) is 2.43. The van der Waals surface area contributed by atoms with E-state index in [4.69, 9.17) is 14.2 Å². The van der Waals surface area contributed by atoms with E-state index in [-0.39, 0.29) is 5.56 Å². The number of methoxy groups -OCH3 is 1. The van der Waals surface area contributed by atoms with Gasteiger partial charge in [0.05, 0.1) is 18.4 Å². The molecule has 0 saturated heterocycles. The second kappa shape index (κ2) is 9.78. The lowest BCUT2D eigenvalue weighted by Crippen LogP contribution is -2.27. The van der Waals surface area contributed by atoms with Gasteiger partial charge in [0.25, 0.3) is 5.91 Å². The van der Waals surface area contributed by atoms with Crippen LogP contribution in [-0.2, 0) is 14.3 Å². The number of anilines is 2. The lowest BCUT2D eigenvalue weighted by atomic mass is 10.2. The largest absolute Gasteiger partial charge is 0.495 e. The number of rotatable bonds is 6. The van der Waals surface area contributed by atoms with Crippen molar-refractivity contribution in [3.63, 3.8) is 0 Å². The van der Waals surface area contributed by atoms with E-state index < -0.39 is 30.2 Å². The minimum absolute atomic E-state index is 0.241. The number of amides is 2. The minimum atomic E-state index is -0.662. The summed E-state index contributed by atoms with van der Waals surface area (Å²) in [4.78, 5) is 36.0. The number of carbonyl (C=O) groups is 3. The Morgan fingerprint density at radius 3 is 2.23 bits per heavy atom. The van der Waals surface area contributed by atoms with Crippen molar-refractivity contribution in [2.45, 2.75) is 33.3 Å². The summed E-state index contributed by atoms with van der Waals surface area (Å²) in [5.41, 5.74) is 1.53. The van der Waals surface area contributed by atoms with E-state index in [1.807, 2.05) is 13.0 Å². The number of nitrogens with one attached hydrogen (secondary N) is 2. The van der Waals surface area contributed by atoms with Crippen LogP contribution in [0, 0.1) is 6.92 Å². The molecular weight excluding hydrogens is 388 g/mol. The van der Waals surface area contributed by atoms with Crippen molar-refractivity contribution in [2.24, 2.45) is 0 Å². The van der Waals surface area contributed by atoms with Gasteiger partial charge in [-0.15, -0.1) is 0 Å². The van der Waals surface area contributed by atoms with Crippen molar-refractivity contribution in [1.82, 2.24) is 0 Å². The van der Waals surface area contributed by atoms with Gasteiger partial charge in [0, 0.05) is 5.69 Å². The molecule has 0 saturated carbocycles. The van der Waals surface area contributed by atoms with E-state index >= 15 is 0 Å². The zero-order valence-corrected chi connectivity index (χ0v) is 17.7. The summed E-state index contributed by atoms with van der Waals surface area (Å²) in [6.07, 6.45) is -0.596. The Hall–Kier alpha value is -3.55. The molecule has 0 unspecified atom stereocenters. The minimum Gasteiger partial charge on any atom is -0.495 e. The molecule has 2 amide bonds. The molecule has 8 heteroatoms. The molecule has 0 heterocycles. The third-order valence-electron chi connectivity index (χ3n) is 3.73. The molecule has 30 heavy (non-hydrogen) atoms. The third-order valence-corrected chi connectivity index (χ3v) is 3.73. The number of benzene rings is 2. The van der Waals surface area contributed by atoms with E-state index in [0.29, 0.717) is 17.1 Å². The first-order valence-electron chi connectivity index (χ1n) is 9.29. The van der Waals surface area contributed by atoms with Crippen molar-refractivity contribution in [3.05, 3.63) is 53.6 Å². The van der Waals surface area contributed by atoms with Gasteiger partial charge in [-0.1, -0.05) is 6.07 Å². The van der Waals surface area contributed by atoms with Gasteiger partial charge < -0.3 is 19.5 Å². The van der Waals surface area contributed by atoms with Crippen molar-refractivity contribution in [2.75, 3.05) is 24.4 Å². The van der Waals surface area contributed by atoms with Gasteiger partial charge in [0.15, 0.2) is 6.61 Å². The number of hydrogen-bond acceptors (Lipinski definition) is 6. The Morgan fingerprint density at radius 1 is 0.967 bits per heavy atom. The van der Waals surface area contributed by atoms with Crippen molar-refractivity contribution in [3.8, 4) is 5.75 Å². The summed E-state index contributed by atoms with van der Waals surface area (Å²) in [5, 5.41) is 5.22. The first-order chi connectivity index (χ1) is 14.1. The van der Waals surface area contributed by atoms with Crippen molar-refractivity contribution < 1.29 is 28.6 Å². The van der Waals surface area contributed by atoms with Crippen LogP contribution in [0.2, 0.25) is 0 Å². The van der Waals surface area contributed by atoms with Gasteiger partial charge in [0.2, 0.25) is 0 Å².